The van der Waals surface area contributed by atoms with Crippen LogP contribution >= 0.6 is 12.4 Å². The maximum absolute atomic E-state index is 11.7. The Morgan fingerprint density at radius 2 is 2.35 bits per heavy atom. The van der Waals surface area contributed by atoms with Crippen LogP contribution in [0.25, 0.3) is 0 Å². The number of rotatable bonds is 7. The van der Waals surface area contributed by atoms with Gasteiger partial charge < -0.3 is 15.4 Å². The number of nitrogens with zero attached hydrogens (tertiary/aromatic N) is 1. The summed E-state index contributed by atoms with van der Waals surface area (Å²) in [5, 5.41) is 0. The lowest BCUT2D eigenvalue weighted by atomic mass is 10.1. The summed E-state index contributed by atoms with van der Waals surface area (Å²) in [4.78, 5) is 13.7. The zero-order chi connectivity index (χ0) is 11.8. The van der Waals surface area contributed by atoms with Crippen molar-refractivity contribution in [3.63, 3.8) is 0 Å². The molecule has 0 radical (unpaired) electrons. The predicted octanol–water partition coefficient (Wildman–Crippen LogP) is 1.20. The summed E-state index contributed by atoms with van der Waals surface area (Å²) in [6, 6.07) is 0. The lowest BCUT2D eigenvalue weighted by molar-refractivity contribution is -0.130. The number of amides is 1. The number of halogens is 1. The number of carbonyl (C=O) groups excluding carboxylic acids is 1. The lowest BCUT2D eigenvalue weighted by Gasteiger charge is -2.16. The molecule has 0 aromatic rings. The van der Waals surface area contributed by atoms with E-state index < -0.39 is 0 Å². The smallest absolute Gasteiger partial charge is 0.222 e. The average molecular weight is 263 g/mol. The van der Waals surface area contributed by atoms with Gasteiger partial charge in [-0.1, -0.05) is 6.08 Å². The third-order valence-corrected chi connectivity index (χ3v) is 2.89. The van der Waals surface area contributed by atoms with Crippen LogP contribution in [0.3, 0.4) is 0 Å². The Hall–Kier alpha value is -0.580. The Morgan fingerprint density at radius 3 is 2.94 bits per heavy atom. The third-order valence-electron chi connectivity index (χ3n) is 2.89. The highest BCUT2D eigenvalue weighted by Crippen LogP contribution is 2.15. The van der Waals surface area contributed by atoms with Crippen molar-refractivity contribution in [2.24, 2.45) is 11.7 Å². The van der Waals surface area contributed by atoms with Crippen LogP contribution in [0.1, 0.15) is 19.3 Å². The van der Waals surface area contributed by atoms with Crippen molar-refractivity contribution < 1.29 is 9.53 Å². The summed E-state index contributed by atoms with van der Waals surface area (Å²) in [7, 11) is 0. The Labute approximate surface area is 110 Å². The molecule has 0 aromatic carbocycles. The first-order valence-corrected chi connectivity index (χ1v) is 5.94. The van der Waals surface area contributed by atoms with E-state index in [9.17, 15) is 4.79 Å². The zero-order valence-electron chi connectivity index (χ0n) is 10.3. The zero-order valence-corrected chi connectivity index (χ0v) is 11.1. The van der Waals surface area contributed by atoms with Crippen molar-refractivity contribution in [2.75, 3.05) is 32.8 Å². The van der Waals surface area contributed by atoms with Crippen molar-refractivity contribution in [3.8, 4) is 0 Å². The number of likely N-dealkylation sites (tertiary alicyclic amines) is 1. The molecule has 2 N–H and O–H groups in total. The molecule has 1 amide bonds. The molecule has 17 heavy (non-hydrogen) atoms. The van der Waals surface area contributed by atoms with Crippen LogP contribution in [0.2, 0.25) is 0 Å². The van der Waals surface area contributed by atoms with Crippen molar-refractivity contribution in [1.29, 1.82) is 0 Å². The van der Waals surface area contributed by atoms with Crippen molar-refractivity contribution in [1.82, 2.24) is 4.90 Å². The van der Waals surface area contributed by atoms with Crippen LogP contribution in [0.5, 0.6) is 0 Å². The first-order chi connectivity index (χ1) is 7.77. The molecule has 100 valence electrons. The third kappa shape index (κ3) is 6.05. The minimum Gasteiger partial charge on any atom is -0.377 e. The normalized spacial score (nSPS) is 18.9. The lowest BCUT2D eigenvalue weighted by Crippen LogP contribution is -2.29. The van der Waals surface area contributed by atoms with E-state index in [1.54, 1.807) is 6.08 Å². The summed E-state index contributed by atoms with van der Waals surface area (Å²) in [6.07, 6.45) is 4.13. The van der Waals surface area contributed by atoms with Gasteiger partial charge in [0.2, 0.25) is 5.91 Å². The molecule has 1 unspecified atom stereocenters. The van der Waals surface area contributed by atoms with Gasteiger partial charge >= 0.3 is 0 Å². The molecular formula is C12H23ClN2O2. The first-order valence-electron chi connectivity index (χ1n) is 5.94. The van der Waals surface area contributed by atoms with Gasteiger partial charge in [-0.2, -0.15) is 0 Å². The van der Waals surface area contributed by atoms with Crippen molar-refractivity contribution >= 4 is 18.3 Å². The van der Waals surface area contributed by atoms with Gasteiger partial charge in [0, 0.05) is 26.1 Å². The van der Waals surface area contributed by atoms with E-state index in [2.05, 4.69) is 6.58 Å². The Morgan fingerprint density at radius 1 is 1.59 bits per heavy atom. The minimum atomic E-state index is 0. The molecule has 1 fully saturated rings. The molecule has 1 atom stereocenters. The van der Waals surface area contributed by atoms with Crippen LogP contribution in [0.4, 0.5) is 0 Å². The quantitative estimate of drug-likeness (QED) is 0.554. The van der Waals surface area contributed by atoms with E-state index in [4.69, 9.17) is 10.5 Å². The number of carbonyl (C=O) groups is 1. The number of hydrogen-bond acceptors (Lipinski definition) is 3. The summed E-state index contributed by atoms with van der Waals surface area (Å²) in [5.41, 5.74) is 5.58. The molecule has 1 heterocycles. The monoisotopic (exact) mass is 262 g/mol. The highest BCUT2D eigenvalue weighted by molar-refractivity contribution is 5.85. The standard InChI is InChI=1S/C12H22N2O2.ClH/c1-2-7-16-8-3-4-12(15)14-6-5-11(9-13)10-14;/h2,11H,1,3-10,13H2;1H. The van der Waals surface area contributed by atoms with Gasteiger partial charge in [0.05, 0.1) is 6.61 Å². The second kappa shape index (κ2) is 9.45. The van der Waals surface area contributed by atoms with Crippen molar-refractivity contribution in [2.45, 2.75) is 19.3 Å². The molecule has 0 bridgehead atoms. The minimum absolute atomic E-state index is 0. The van der Waals surface area contributed by atoms with Gasteiger partial charge in [-0.15, -0.1) is 19.0 Å². The van der Waals surface area contributed by atoms with Crippen LogP contribution in [-0.2, 0) is 9.53 Å². The first kappa shape index (κ1) is 16.4. The van der Waals surface area contributed by atoms with E-state index in [-0.39, 0.29) is 18.3 Å². The Balaban J connectivity index is 0.00000256. The molecule has 1 aliphatic rings. The molecule has 5 heteroatoms. The van der Waals surface area contributed by atoms with Crippen LogP contribution in [0, 0.1) is 5.92 Å². The Bertz CT molecular complexity index is 237. The fourth-order valence-corrected chi connectivity index (χ4v) is 1.90. The van der Waals surface area contributed by atoms with Gasteiger partial charge in [-0.05, 0) is 25.3 Å². The van der Waals surface area contributed by atoms with E-state index in [1.165, 1.54) is 0 Å². The van der Waals surface area contributed by atoms with Crippen LogP contribution in [-0.4, -0.2) is 43.7 Å². The highest BCUT2D eigenvalue weighted by Gasteiger charge is 2.24. The number of ether oxygens (including phenoxy) is 1. The molecule has 4 nitrogen and oxygen atoms in total. The maximum Gasteiger partial charge on any atom is 0.222 e. The summed E-state index contributed by atoms with van der Waals surface area (Å²) >= 11 is 0. The molecular weight excluding hydrogens is 240 g/mol. The summed E-state index contributed by atoms with van der Waals surface area (Å²) in [5.74, 6) is 0.735. The molecule has 1 saturated heterocycles. The van der Waals surface area contributed by atoms with Gasteiger partial charge in [-0.25, -0.2) is 0 Å². The van der Waals surface area contributed by atoms with Crippen molar-refractivity contribution in [3.05, 3.63) is 12.7 Å². The largest absolute Gasteiger partial charge is 0.377 e. The maximum atomic E-state index is 11.7. The van der Waals surface area contributed by atoms with E-state index in [0.717, 1.165) is 25.9 Å². The Kier molecular flexibility index (Phi) is 9.13. The second-order valence-corrected chi connectivity index (χ2v) is 4.20. The fourth-order valence-electron chi connectivity index (χ4n) is 1.90. The number of hydrogen-bond donors (Lipinski definition) is 1. The molecule has 0 saturated carbocycles. The highest BCUT2D eigenvalue weighted by atomic mass is 35.5. The average Bonchev–Trinajstić information content (AvgIpc) is 2.77. The van der Waals surface area contributed by atoms with E-state index in [0.29, 0.717) is 32.1 Å². The van der Waals surface area contributed by atoms with Gasteiger partial charge in [-0.3, -0.25) is 4.79 Å². The van der Waals surface area contributed by atoms with E-state index in [1.807, 2.05) is 4.90 Å². The summed E-state index contributed by atoms with van der Waals surface area (Å²) in [6.45, 7) is 7.15. The van der Waals surface area contributed by atoms with Crippen LogP contribution in [0.15, 0.2) is 12.7 Å². The SMILES string of the molecule is C=CCOCCCC(=O)N1CCC(CN)C1.Cl. The molecule has 0 spiro atoms. The van der Waals surface area contributed by atoms with E-state index >= 15 is 0 Å². The molecule has 0 aromatic heterocycles. The predicted molar refractivity (Wildman–Crippen MR) is 71.2 cm³/mol. The molecule has 1 aliphatic heterocycles. The van der Waals surface area contributed by atoms with Crippen LogP contribution < -0.4 is 5.73 Å². The number of nitrogens with two attached hydrogens (primary N) is 1. The fraction of sp³-hybridized carbons (Fsp3) is 0.750. The summed E-state index contributed by atoms with van der Waals surface area (Å²) < 4.78 is 5.23. The van der Waals surface area contributed by atoms with Gasteiger partial charge in [0.15, 0.2) is 0 Å². The van der Waals surface area contributed by atoms with Gasteiger partial charge in [0.1, 0.15) is 0 Å². The second-order valence-electron chi connectivity index (χ2n) is 4.20. The molecule has 0 aliphatic carbocycles. The molecule has 1 rings (SSSR count). The van der Waals surface area contributed by atoms with Gasteiger partial charge in [0.25, 0.3) is 0 Å². The topological polar surface area (TPSA) is 55.6 Å².